The number of esters is 2. The lowest BCUT2D eigenvalue weighted by Crippen LogP contribution is -2.29. The van der Waals surface area contributed by atoms with Crippen LogP contribution >= 0.6 is 11.6 Å². The fourth-order valence-electron chi connectivity index (χ4n) is 5.83. The molecule has 2 aliphatic rings. The summed E-state index contributed by atoms with van der Waals surface area (Å²) < 4.78 is 11.4. The van der Waals surface area contributed by atoms with Crippen LogP contribution in [-0.4, -0.2) is 31.6 Å². The van der Waals surface area contributed by atoms with Gasteiger partial charge in [-0.25, -0.2) is 9.59 Å². The highest BCUT2D eigenvalue weighted by molar-refractivity contribution is 6.30. The molecule has 3 aromatic carbocycles. The third kappa shape index (κ3) is 4.88. The van der Waals surface area contributed by atoms with Crippen molar-refractivity contribution in [3.63, 3.8) is 0 Å². The number of ether oxygens (including phenoxy) is 2. The number of rotatable bonds is 5. The number of hydrogen-bond donors (Lipinski definition) is 0. The fraction of sp³-hybridized carbons (Fsp3) is 0.273. The predicted molar refractivity (Wildman–Crippen MR) is 159 cm³/mol. The van der Waals surface area contributed by atoms with E-state index in [0.717, 1.165) is 39.2 Å². The van der Waals surface area contributed by atoms with Crippen molar-refractivity contribution in [2.24, 2.45) is 0 Å². The molecule has 1 fully saturated rings. The molecule has 6 nitrogen and oxygen atoms in total. The molecule has 7 heteroatoms. The number of carbonyl (C=O) groups is 2. The van der Waals surface area contributed by atoms with E-state index < -0.39 is 11.9 Å². The van der Waals surface area contributed by atoms with Crippen molar-refractivity contribution in [3.8, 4) is 0 Å². The first kappa shape index (κ1) is 27.5. The molecule has 0 aliphatic carbocycles. The minimum atomic E-state index is -0.615. The Morgan fingerprint density at radius 3 is 2.23 bits per heavy atom. The van der Waals surface area contributed by atoms with Gasteiger partial charge in [0.05, 0.1) is 6.61 Å². The fourth-order valence-corrected chi connectivity index (χ4v) is 6.02. The first-order valence-electron chi connectivity index (χ1n) is 13.4. The Balaban J connectivity index is 1.84. The van der Waals surface area contributed by atoms with Crippen LogP contribution in [0.2, 0.25) is 5.02 Å². The molecule has 5 rings (SSSR count). The molecule has 2 aliphatic heterocycles. The molecule has 3 aromatic rings. The second-order valence-corrected chi connectivity index (χ2v) is 10.8. The number of benzene rings is 3. The van der Waals surface area contributed by atoms with Crippen LogP contribution < -0.4 is 9.80 Å². The predicted octanol–water partition coefficient (Wildman–Crippen LogP) is 6.95. The summed E-state index contributed by atoms with van der Waals surface area (Å²) in [7, 11) is 0. The lowest BCUT2D eigenvalue weighted by atomic mass is 10.0. The Kier molecular flexibility index (Phi) is 7.47. The Labute approximate surface area is 240 Å². The zero-order valence-corrected chi connectivity index (χ0v) is 24.5. The summed E-state index contributed by atoms with van der Waals surface area (Å²) in [5.41, 5.74) is 8.34. The van der Waals surface area contributed by atoms with Gasteiger partial charge in [0.25, 0.3) is 0 Å². The number of anilines is 2. The van der Waals surface area contributed by atoms with Gasteiger partial charge in [0, 0.05) is 35.1 Å². The van der Waals surface area contributed by atoms with Crippen molar-refractivity contribution < 1.29 is 19.1 Å². The van der Waals surface area contributed by atoms with E-state index in [1.165, 1.54) is 0 Å². The molecule has 206 valence electrons. The molecule has 0 unspecified atom stereocenters. The van der Waals surface area contributed by atoms with Gasteiger partial charge in [0.1, 0.15) is 17.0 Å². The van der Waals surface area contributed by atoms with Crippen molar-refractivity contribution >= 4 is 40.7 Å². The van der Waals surface area contributed by atoms with Gasteiger partial charge >= 0.3 is 11.9 Å². The average molecular weight is 557 g/mol. The summed E-state index contributed by atoms with van der Waals surface area (Å²) in [6, 6.07) is 17.5. The van der Waals surface area contributed by atoms with Crippen LogP contribution in [-0.2, 0) is 19.1 Å². The Hall–Kier alpha value is -4.03. The standard InChI is InChI=1S/C33H33ClN2O4/c1-7-39-32(37)27-28(33(38)40-30(27)24-9-8-10-25(34)18-24)31-35(26-12-11-19(2)15-21(26)4)13-14-36(31)29-22(5)16-20(3)17-23(29)6/h8-12,15-18H,7,13-14H2,1-6H3/b31-28-. The largest absolute Gasteiger partial charge is 0.462 e. The summed E-state index contributed by atoms with van der Waals surface area (Å²) in [6.07, 6.45) is 0. The smallest absolute Gasteiger partial charge is 0.348 e. The number of halogens is 1. The molecular formula is C33H33ClN2O4. The molecule has 2 heterocycles. The van der Waals surface area contributed by atoms with Gasteiger partial charge in [0.15, 0.2) is 5.76 Å². The Morgan fingerprint density at radius 1 is 0.900 bits per heavy atom. The molecule has 0 radical (unpaired) electrons. The van der Waals surface area contributed by atoms with Gasteiger partial charge in [-0.1, -0.05) is 59.1 Å². The van der Waals surface area contributed by atoms with E-state index in [9.17, 15) is 9.59 Å². The molecule has 0 saturated carbocycles. The number of cyclic esters (lactones) is 1. The molecular weight excluding hydrogens is 524 g/mol. The van der Waals surface area contributed by atoms with Crippen LogP contribution in [0.3, 0.4) is 0 Å². The molecule has 40 heavy (non-hydrogen) atoms. The lowest BCUT2D eigenvalue weighted by molar-refractivity contribution is -0.138. The molecule has 0 aromatic heterocycles. The zero-order valence-electron chi connectivity index (χ0n) is 23.7. The second kappa shape index (κ2) is 10.9. The maximum Gasteiger partial charge on any atom is 0.348 e. The summed E-state index contributed by atoms with van der Waals surface area (Å²) in [4.78, 5) is 31.7. The monoisotopic (exact) mass is 556 g/mol. The maximum absolute atomic E-state index is 13.8. The van der Waals surface area contributed by atoms with Crippen LogP contribution in [0.1, 0.15) is 40.3 Å². The normalized spacial score (nSPS) is 17.1. The molecule has 1 saturated heterocycles. The number of aryl methyl sites for hydroxylation is 5. The van der Waals surface area contributed by atoms with Gasteiger partial charge in [0.2, 0.25) is 0 Å². The summed E-state index contributed by atoms with van der Waals surface area (Å²) >= 11 is 6.29. The lowest BCUT2D eigenvalue weighted by Gasteiger charge is -2.30. The molecule has 0 spiro atoms. The van der Waals surface area contributed by atoms with Crippen LogP contribution in [0.25, 0.3) is 5.76 Å². The highest BCUT2D eigenvalue weighted by Crippen LogP contribution is 2.43. The summed E-state index contributed by atoms with van der Waals surface area (Å²) in [6.45, 7) is 13.5. The van der Waals surface area contributed by atoms with E-state index in [-0.39, 0.29) is 23.5 Å². The molecule has 0 atom stereocenters. The van der Waals surface area contributed by atoms with Crippen LogP contribution in [0.4, 0.5) is 11.4 Å². The number of hydrogen-bond acceptors (Lipinski definition) is 6. The highest BCUT2D eigenvalue weighted by Gasteiger charge is 2.44. The quantitative estimate of drug-likeness (QED) is 0.250. The maximum atomic E-state index is 13.8. The van der Waals surface area contributed by atoms with Crippen molar-refractivity contribution in [1.82, 2.24) is 0 Å². The third-order valence-electron chi connectivity index (χ3n) is 7.27. The minimum absolute atomic E-state index is 0.105. The van der Waals surface area contributed by atoms with Crippen molar-refractivity contribution in [2.75, 3.05) is 29.5 Å². The van der Waals surface area contributed by atoms with Crippen LogP contribution in [0.5, 0.6) is 0 Å². The summed E-state index contributed by atoms with van der Waals surface area (Å²) in [5.74, 6) is -0.460. The second-order valence-electron chi connectivity index (χ2n) is 10.4. The number of carbonyl (C=O) groups excluding carboxylic acids is 2. The molecule has 0 amide bonds. The third-order valence-corrected chi connectivity index (χ3v) is 7.51. The zero-order chi connectivity index (χ0) is 28.7. The first-order valence-corrected chi connectivity index (χ1v) is 13.8. The van der Waals surface area contributed by atoms with Gasteiger partial charge in [-0.15, -0.1) is 0 Å². The van der Waals surface area contributed by atoms with Crippen molar-refractivity contribution in [2.45, 2.75) is 41.5 Å². The van der Waals surface area contributed by atoms with Gasteiger partial charge in [-0.05, 0) is 76.4 Å². The van der Waals surface area contributed by atoms with E-state index in [0.29, 0.717) is 29.5 Å². The SMILES string of the molecule is CCOC(=O)C1=C(c2cccc(Cl)c2)OC(=O)/C1=C1/N(c2ccc(C)cc2C)CCN1c1c(C)cc(C)cc1C. The molecule has 0 bridgehead atoms. The van der Waals surface area contributed by atoms with Crippen molar-refractivity contribution in [3.05, 3.63) is 110 Å². The Bertz CT molecular complexity index is 1580. The number of nitrogens with zero attached hydrogens (tertiary/aromatic N) is 2. The van der Waals surface area contributed by atoms with Gasteiger partial charge in [-0.3, -0.25) is 0 Å². The first-order chi connectivity index (χ1) is 19.1. The average Bonchev–Trinajstić information content (AvgIpc) is 3.44. The topological polar surface area (TPSA) is 59.1 Å². The van der Waals surface area contributed by atoms with Gasteiger partial charge < -0.3 is 19.3 Å². The highest BCUT2D eigenvalue weighted by atomic mass is 35.5. The van der Waals surface area contributed by atoms with Crippen LogP contribution in [0, 0.1) is 34.6 Å². The van der Waals surface area contributed by atoms with Gasteiger partial charge in [-0.2, -0.15) is 0 Å². The summed E-state index contributed by atoms with van der Waals surface area (Å²) in [5, 5.41) is 0.468. The van der Waals surface area contributed by atoms with E-state index in [4.69, 9.17) is 21.1 Å². The van der Waals surface area contributed by atoms with Crippen LogP contribution in [0.15, 0.2) is 71.6 Å². The van der Waals surface area contributed by atoms with Crippen molar-refractivity contribution in [1.29, 1.82) is 0 Å². The minimum Gasteiger partial charge on any atom is -0.462 e. The Morgan fingerprint density at radius 2 is 1.57 bits per heavy atom. The van der Waals surface area contributed by atoms with E-state index in [1.54, 1.807) is 31.2 Å². The van der Waals surface area contributed by atoms with E-state index in [2.05, 4.69) is 74.8 Å². The molecule has 0 N–H and O–H groups in total. The van der Waals surface area contributed by atoms with E-state index in [1.807, 2.05) is 0 Å². The van der Waals surface area contributed by atoms with E-state index >= 15 is 0 Å².